The van der Waals surface area contributed by atoms with E-state index in [0.29, 0.717) is 0 Å². The molecule has 0 saturated heterocycles. The third-order valence-electron chi connectivity index (χ3n) is 8.31. The molecule has 9 rings (SSSR count). The van der Waals surface area contributed by atoms with Crippen molar-refractivity contribution in [1.82, 2.24) is 0 Å². The molecule has 0 amide bonds. The monoisotopic (exact) mass is 526 g/mol. The minimum absolute atomic E-state index is 0.973. The van der Waals surface area contributed by atoms with Crippen LogP contribution < -0.4 is 0 Å². The first kappa shape index (κ1) is 22.0. The lowest BCUT2D eigenvalue weighted by atomic mass is 9.84. The summed E-state index contributed by atoms with van der Waals surface area (Å²) in [5.74, 6) is 0. The molecule has 1 nitrogen and oxygen atoms in total. The van der Waals surface area contributed by atoms with E-state index in [0.717, 1.165) is 11.0 Å². The Labute approximate surface area is 234 Å². The average molecular weight is 527 g/mol. The number of fused-ring (bicyclic) bond motifs is 8. The maximum Gasteiger partial charge on any atom is 0.151 e. The first-order valence-electron chi connectivity index (χ1n) is 13.6. The van der Waals surface area contributed by atoms with E-state index in [-0.39, 0.29) is 0 Å². The summed E-state index contributed by atoms with van der Waals surface area (Å²) >= 11 is 1.82. The molecule has 0 aliphatic rings. The molecule has 2 heteroatoms. The van der Waals surface area contributed by atoms with Gasteiger partial charge < -0.3 is 4.42 Å². The SMILES string of the molecule is c1ccc2cc(-c3c4ccccc4c(-c4cc5ccoc5c5sc6ccccc6c45)c4ccccc34)ccc2c1. The molecule has 2 aromatic heterocycles. The molecular formula is C38H22OS. The van der Waals surface area contributed by atoms with E-state index in [1.54, 1.807) is 0 Å². The predicted octanol–water partition coefficient (Wildman–Crippen LogP) is 11.6. The standard InChI is InChI=1S/C38H22OS/c1-2-10-24-21-25(18-17-23(24)9-1)34-27-11-3-5-13-29(27)35(30-14-6-4-12-28(30)34)32-22-26-19-20-39-37(26)38-36(32)31-15-7-8-16-33(31)40-38/h1-22H. The van der Waals surface area contributed by atoms with Crippen molar-refractivity contribution in [1.29, 1.82) is 0 Å². The summed E-state index contributed by atoms with van der Waals surface area (Å²) in [6.07, 6.45) is 1.82. The molecule has 186 valence electrons. The van der Waals surface area contributed by atoms with Crippen LogP contribution in [0.2, 0.25) is 0 Å². The van der Waals surface area contributed by atoms with Crippen LogP contribution in [0.1, 0.15) is 0 Å². The van der Waals surface area contributed by atoms with Crippen molar-refractivity contribution in [2.75, 3.05) is 0 Å². The van der Waals surface area contributed by atoms with Crippen LogP contribution in [0.4, 0.5) is 0 Å². The van der Waals surface area contributed by atoms with Gasteiger partial charge >= 0.3 is 0 Å². The Kier molecular flexibility index (Phi) is 4.55. The summed E-state index contributed by atoms with van der Waals surface area (Å²) in [6.45, 7) is 0. The fourth-order valence-corrected chi connectivity index (χ4v) is 7.82. The van der Waals surface area contributed by atoms with E-state index < -0.39 is 0 Å². The second kappa shape index (κ2) is 8.29. The minimum atomic E-state index is 0.973. The van der Waals surface area contributed by atoms with Crippen LogP contribution in [0.25, 0.3) is 85.7 Å². The fourth-order valence-electron chi connectivity index (χ4n) is 6.59. The van der Waals surface area contributed by atoms with Gasteiger partial charge in [0.15, 0.2) is 5.58 Å². The lowest BCUT2D eigenvalue weighted by Gasteiger charge is -2.19. The second-order valence-electron chi connectivity index (χ2n) is 10.5. The van der Waals surface area contributed by atoms with Crippen molar-refractivity contribution in [2.45, 2.75) is 0 Å². The molecule has 40 heavy (non-hydrogen) atoms. The van der Waals surface area contributed by atoms with Crippen molar-refractivity contribution >= 4 is 74.8 Å². The highest BCUT2D eigenvalue weighted by atomic mass is 32.1. The number of hydrogen-bond donors (Lipinski definition) is 0. The van der Waals surface area contributed by atoms with Crippen LogP contribution in [0.3, 0.4) is 0 Å². The molecule has 0 N–H and O–H groups in total. The number of rotatable bonds is 2. The number of hydrogen-bond acceptors (Lipinski definition) is 2. The van der Waals surface area contributed by atoms with Gasteiger partial charge in [0.2, 0.25) is 0 Å². The summed E-state index contributed by atoms with van der Waals surface area (Å²) in [5.41, 5.74) is 6.05. The first-order valence-corrected chi connectivity index (χ1v) is 14.4. The Balaban J connectivity index is 1.48. The molecule has 0 atom stereocenters. The van der Waals surface area contributed by atoms with Crippen molar-refractivity contribution in [3.63, 3.8) is 0 Å². The van der Waals surface area contributed by atoms with Crippen LogP contribution in [0, 0.1) is 0 Å². The summed E-state index contributed by atoms with van der Waals surface area (Å²) in [5, 5.41) is 11.3. The molecule has 0 saturated carbocycles. The van der Waals surface area contributed by atoms with Crippen LogP contribution in [-0.4, -0.2) is 0 Å². The molecule has 0 aliphatic heterocycles. The Morgan fingerprint density at radius 2 is 1.10 bits per heavy atom. The third-order valence-corrected chi connectivity index (χ3v) is 9.48. The average Bonchev–Trinajstić information content (AvgIpc) is 3.64. The van der Waals surface area contributed by atoms with E-state index in [9.17, 15) is 0 Å². The Hall–Kier alpha value is -4.92. The Morgan fingerprint density at radius 3 is 1.85 bits per heavy atom. The molecule has 0 unspecified atom stereocenters. The highest BCUT2D eigenvalue weighted by Crippen LogP contribution is 2.49. The van der Waals surface area contributed by atoms with Gasteiger partial charge in [-0.25, -0.2) is 0 Å². The van der Waals surface area contributed by atoms with Crippen molar-refractivity contribution in [3.8, 4) is 22.3 Å². The third kappa shape index (κ3) is 3.03. The van der Waals surface area contributed by atoms with Gasteiger partial charge in [-0.15, -0.1) is 11.3 Å². The topological polar surface area (TPSA) is 13.1 Å². The van der Waals surface area contributed by atoms with Gasteiger partial charge in [-0.1, -0.05) is 103 Å². The summed E-state index contributed by atoms with van der Waals surface area (Å²) in [6, 6.07) is 46.5. The van der Waals surface area contributed by atoms with E-state index in [4.69, 9.17) is 4.42 Å². The molecule has 0 bridgehead atoms. The zero-order valence-corrected chi connectivity index (χ0v) is 22.3. The van der Waals surface area contributed by atoms with Crippen LogP contribution in [0.15, 0.2) is 138 Å². The van der Waals surface area contributed by atoms with Crippen molar-refractivity contribution in [2.24, 2.45) is 0 Å². The molecular weight excluding hydrogens is 504 g/mol. The fraction of sp³-hybridized carbons (Fsp3) is 0. The number of benzene rings is 7. The van der Waals surface area contributed by atoms with Crippen LogP contribution in [0.5, 0.6) is 0 Å². The van der Waals surface area contributed by atoms with Crippen molar-refractivity contribution < 1.29 is 4.42 Å². The molecule has 0 spiro atoms. The normalized spacial score (nSPS) is 12.0. The van der Waals surface area contributed by atoms with E-state index in [2.05, 4.69) is 127 Å². The largest absolute Gasteiger partial charge is 0.463 e. The zero-order valence-electron chi connectivity index (χ0n) is 21.5. The van der Waals surface area contributed by atoms with Crippen molar-refractivity contribution in [3.05, 3.63) is 134 Å². The summed E-state index contributed by atoms with van der Waals surface area (Å²) < 4.78 is 8.54. The zero-order chi connectivity index (χ0) is 26.2. The van der Waals surface area contributed by atoms with Gasteiger partial charge in [0, 0.05) is 20.9 Å². The Morgan fingerprint density at radius 1 is 0.475 bits per heavy atom. The smallest absolute Gasteiger partial charge is 0.151 e. The van der Waals surface area contributed by atoms with E-state index in [1.807, 2.05) is 17.6 Å². The summed E-state index contributed by atoms with van der Waals surface area (Å²) in [4.78, 5) is 0. The molecule has 7 aromatic carbocycles. The van der Waals surface area contributed by atoms with Crippen LogP contribution in [-0.2, 0) is 0 Å². The highest BCUT2D eigenvalue weighted by molar-refractivity contribution is 7.26. The predicted molar refractivity (Wildman–Crippen MR) is 172 cm³/mol. The van der Waals surface area contributed by atoms with E-state index >= 15 is 0 Å². The lowest BCUT2D eigenvalue weighted by molar-refractivity contribution is 0.619. The molecule has 2 heterocycles. The van der Waals surface area contributed by atoms with Gasteiger partial charge in [-0.05, 0) is 78.8 Å². The van der Waals surface area contributed by atoms with Crippen LogP contribution >= 0.6 is 11.3 Å². The van der Waals surface area contributed by atoms with Gasteiger partial charge in [0.05, 0.1) is 11.0 Å². The maximum atomic E-state index is 6.05. The maximum absolute atomic E-state index is 6.05. The minimum Gasteiger partial charge on any atom is -0.463 e. The van der Waals surface area contributed by atoms with Gasteiger partial charge in [0.1, 0.15) is 0 Å². The first-order chi connectivity index (χ1) is 19.8. The molecule has 0 radical (unpaired) electrons. The summed E-state index contributed by atoms with van der Waals surface area (Å²) in [7, 11) is 0. The second-order valence-corrected chi connectivity index (χ2v) is 11.5. The molecule has 9 aromatic rings. The Bertz CT molecular complexity index is 2380. The quantitative estimate of drug-likeness (QED) is 0.204. The lowest BCUT2D eigenvalue weighted by Crippen LogP contribution is -1.91. The molecule has 0 fully saturated rings. The number of thiophene rings is 1. The number of furan rings is 1. The highest BCUT2D eigenvalue weighted by Gasteiger charge is 2.21. The molecule has 0 aliphatic carbocycles. The van der Waals surface area contributed by atoms with Gasteiger partial charge in [-0.3, -0.25) is 0 Å². The van der Waals surface area contributed by atoms with Gasteiger partial charge in [-0.2, -0.15) is 0 Å². The van der Waals surface area contributed by atoms with Gasteiger partial charge in [0.25, 0.3) is 0 Å². The van der Waals surface area contributed by atoms with E-state index in [1.165, 1.54) is 74.7 Å².